The Morgan fingerprint density at radius 2 is 1.96 bits per heavy atom. The van der Waals surface area contributed by atoms with Gasteiger partial charge in [-0.2, -0.15) is 17.6 Å². The number of imidazole rings is 1. The minimum absolute atomic E-state index is 0.0191. The second kappa shape index (κ2) is 9.07. The van der Waals surface area contributed by atoms with E-state index in [1.807, 2.05) is 6.92 Å². The number of aliphatic imine (C=N–C) groups is 1. The summed E-state index contributed by atoms with van der Waals surface area (Å²) >= 11 is 0. The number of rotatable bonds is 7. The average Bonchev–Trinajstić information content (AvgIpc) is 3.05. The molecule has 1 aromatic heterocycles. The number of alkyl halides is 4. The third-order valence-electron chi connectivity index (χ3n) is 3.48. The molecule has 0 radical (unpaired) electrons. The van der Waals surface area contributed by atoms with Crippen LogP contribution in [-0.2, 0) is 13.1 Å². The number of ether oxygens (including phenoxy) is 1. The third-order valence-corrected chi connectivity index (χ3v) is 3.48. The molecule has 0 atom stereocenters. The van der Waals surface area contributed by atoms with E-state index in [2.05, 4.69) is 25.3 Å². The highest BCUT2D eigenvalue weighted by molar-refractivity contribution is 5.79. The van der Waals surface area contributed by atoms with E-state index in [0.29, 0.717) is 11.5 Å². The highest BCUT2D eigenvalue weighted by Gasteiger charge is 2.13. The van der Waals surface area contributed by atoms with Crippen LogP contribution in [0.5, 0.6) is 5.75 Å². The first-order valence-electron chi connectivity index (χ1n) is 7.69. The van der Waals surface area contributed by atoms with E-state index in [0.717, 1.165) is 10.1 Å². The summed E-state index contributed by atoms with van der Waals surface area (Å²) in [6, 6.07) is 4.84. The van der Waals surface area contributed by atoms with Gasteiger partial charge in [-0.15, -0.1) is 0 Å². The van der Waals surface area contributed by atoms with Gasteiger partial charge in [-0.1, -0.05) is 17.7 Å². The minimum Gasteiger partial charge on any atom is -0.434 e. The van der Waals surface area contributed by atoms with Crippen molar-refractivity contribution in [3.63, 3.8) is 0 Å². The van der Waals surface area contributed by atoms with Crippen LogP contribution in [0.4, 0.5) is 17.6 Å². The Balaban J connectivity index is 1.99. The van der Waals surface area contributed by atoms with Crippen LogP contribution in [0.3, 0.4) is 0 Å². The summed E-state index contributed by atoms with van der Waals surface area (Å²) < 4.78 is 55.8. The van der Waals surface area contributed by atoms with Crippen molar-refractivity contribution in [1.29, 1.82) is 0 Å². The summed E-state index contributed by atoms with van der Waals surface area (Å²) in [6.45, 7) is -3.61. The molecule has 0 unspecified atom stereocenters. The van der Waals surface area contributed by atoms with Crippen molar-refractivity contribution in [3.05, 3.63) is 47.5 Å². The molecule has 0 amide bonds. The van der Waals surface area contributed by atoms with Crippen LogP contribution < -0.4 is 15.4 Å². The topological polar surface area (TPSA) is 63.5 Å². The molecule has 0 aliphatic heterocycles. The number of benzene rings is 1. The summed E-state index contributed by atoms with van der Waals surface area (Å²) in [5, 5.41) is 5.77. The fourth-order valence-electron chi connectivity index (χ4n) is 2.28. The van der Waals surface area contributed by atoms with Gasteiger partial charge in [0, 0.05) is 31.5 Å². The Bertz CT molecular complexity index is 748. The Morgan fingerprint density at radius 3 is 2.62 bits per heavy atom. The molecule has 0 spiro atoms. The van der Waals surface area contributed by atoms with Gasteiger partial charge in [-0.3, -0.25) is 9.56 Å². The second-order valence-corrected chi connectivity index (χ2v) is 5.30. The van der Waals surface area contributed by atoms with Crippen LogP contribution in [0.25, 0.3) is 0 Å². The van der Waals surface area contributed by atoms with Gasteiger partial charge in [0.25, 0.3) is 0 Å². The molecular weight excluding hydrogens is 354 g/mol. The minimum atomic E-state index is -2.93. The van der Waals surface area contributed by atoms with E-state index >= 15 is 0 Å². The average molecular weight is 373 g/mol. The maximum absolute atomic E-state index is 12.8. The van der Waals surface area contributed by atoms with E-state index < -0.39 is 13.2 Å². The van der Waals surface area contributed by atoms with E-state index in [4.69, 9.17) is 0 Å². The van der Waals surface area contributed by atoms with Crippen LogP contribution in [-0.4, -0.2) is 29.2 Å². The van der Waals surface area contributed by atoms with Crippen molar-refractivity contribution in [3.8, 4) is 5.75 Å². The molecule has 26 heavy (non-hydrogen) atoms. The number of guanidine groups is 1. The van der Waals surface area contributed by atoms with Crippen LogP contribution in [0.1, 0.15) is 23.5 Å². The van der Waals surface area contributed by atoms with Gasteiger partial charge in [0.05, 0.1) is 6.54 Å². The van der Waals surface area contributed by atoms with Crippen molar-refractivity contribution in [2.24, 2.45) is 4.99 Å². The van der Waals surface area contributed by atoms with Gasteiger partial charge >= 0.3 is 13.2 Å². The summed E-state index contributed by atoms with van der Waals surface area (Å²) in [5.41, 5.74) is 1.40. The fraction of sp³-hybridized carbons (Fsp3) is 0.375. The molecule has 0 aliphatic rings. The van der Waals surface area contributed by atoms with Gasteiger partial charge in [0.15, 0.2) is 5.96 Å². The molecule has 2 N–H and O–H groups in total. The Morgan fingerprint density at radius 1 is 1.23 bits per heavy atom. The van der Waals surface area contributed by atoms with E-state index in [1.54, 1.807) is 12.1 Å². The summed E-state index contributed by atoms with van der Waals surface area (Å²) in [7, 11) is 1.50. The first kappa shape index (κ1) is 19.5. The third kappa shape index (κ3) is 5.36. The molecule has 1 aromatic carbocycles. The normalized spacial score (nSPS) is 11.9. The molecule has 0 fully saturated rings. The molecule has 1 heterocycles. The molecule has 142 valence electrons. The molecule has 10 heteroatoms. The molecule has 2 aromatic rings. The lowest BCUT2D eigenvalue weighted by molar-refractivity contribution is -0.0504. The number of aromatic nitrogens is 2. The largest absolute Gasteiger partial charge is 0.434 e. The smallest absolute Gasteiger partial charge is 0.387 e. The second-order valence-electron chi connectivity index (χ2n) is 5.30. The zero-order valence-electron chi connectivity index (χ0n) is 14.2. The highest BCUT2D eigenvalue weighted by atomic mass is 19.3. The van der Waals surface area contributed by atoms with Crippen LogP contribution in [0.15, 0.2) is 35.6 Å². The molecule has 6 nitrogen and oxygen atoms in total. The zero-order valence-corrected chi connectivity index (χ0v) is 14.2. The van der Waals surface area contributed by atoms with Gasteiger partial charge in [0.1, 0.15) is 11.6 Å². The number of aryl methyl sites for hydroxylation is 1. The lowest BCUT2D eigenvalue weighted by Crippen LogP contribution is -2.37. The number of nitrogens with one attached hydrogen (secondary N) is 2. The van der Waals surface area contributed by atoms with Crippen LogP contribution in [0, 0.1) is 6.92 Å². The van der Waals surface area contributed by atoms with Crippen molar-refractivity contribution < 1.29 is 22.3 Å². The fourth-order valence-corrected chi connectivity index (χ4v) is 2.28. The Labute approximate surface area is 147 Å². The molecule has 0 bridgehead atoms. The first-order valence-corrected chi connectivity index (χ1v) is 7.69. The van der Waals surface area contributed by atoms with Crippen molar-refractivity contribution >= 4 is 5.96 Å². The van der Waals surface area contributed by atoms with Gasteiger partial charge in [-0.25, -0.2) is 4.98 Å². The molecule has 0 saturated carbocycles. The zero-order chi connectivity index (χ0) is 19.1. The van der Waals surface area contributed by atoms with Gasteiger partial charge < -0.3 is 15.4 Å². The number of hydrogen-bond donors (Lipinski definition) is 2. The Hall–Kier alpha value is -2.78. The lowest BCUT2D eigenvalue weighted by atomic mass is 10.1. The summed E-state index contributed by atoms with van der Waals surface area (Å²) in [6.07, 6.45) is 2.46. The molecule has 2 rings (SSSR count). The van der Waals surface area contributed by atoms with Crippen LogP contribution >= 0.6 is 0 Å². The monoisotopic (exact) mass is 373 g/mol. The van der Waals surface area contributed by atoms with Crippen molar-refractivity contribution in [1.82, 2.24) is 20.2 Å². The van der Waals surface area contributed by atoms with Crippen LogP contribution in [0.2, 0.25) is 0 Å². The quantitative estimate of drug-likeness (QED) is 0.445. The number of nitrogens with zero attached hydrogens (tertiary/aromatic N) is 3. The number of hydrogen-bond acceptors (Lipinski definition) is 3. The molecule has 0 saturated heterocycles. The summed E-state index contributed by atoms with van der Waals surface area (Å²) in [4.78, 5) is 7.83. The van der Waals surface area contributed by atoms with E-state index in [9.17, 15) is 17.6 Å². The van der Waals surface area contributed by atoms with Crippen molar-refractivity contribution in [2.45, 2.75) is 33.2 Å². The molecular formula is C16H19F4N5O. The standard InChI is InChI=1S/C16H19F4N5O/c1-10-3-4-12(26-15(19)20)11(7-10)8-23-16(21-2)24-9-13-22-5-6-25(13)14(17)18/h3-7,14-15H,8-9H2,1-2H3,(H2,21,23,24). The predicted octanol–water partition coefficient (Wildman–Crippen LogP) is 3.05. The van der Waals surface area contributed by atoms with Gasteiger partial charge in [0.2, 0.25) is 0 Å². The van der Waals surface area contributed by atoms with E-state index in [1.165, 1.54) is 25.5 Å². The lowest BCUT2D eigenvalue weighted by Gasteiger charge is -2.15. The Kier molecular flexibility index (Phi) is 6.81. The maximum atomic E-state index is 12.8. The maximum Gasteiger partial charge on any atom is 0.387 e. The SMILES string of the molecule is CN=C(NCc1cc(C)ccc1OC(F)F)NCc1nccn1C(F)F. The number of halogens is 4. The molecule has 0 aliphatic carbocycles. The van der Waals surface area contributed by atoms with Gasteiger partial charge in [-0.05, 0) is 13.0 Å². The van der Waals surface area contributed by atoms with E-state index in [-0.39, 0.29) is 24.7 Å². The first-order chi connectivity index (χ1) is 12.4. The predicted molar refractivity (Wildman–Crippen MR) is 88.3 cm³/mol. The summed E-state index contributed by atoms with van der Waals surface area (Å²) in [5.74, 6) is 0.500. The van der Waals surface area contributed by atoms with Crippen molar-refractivity contribution in [2.75, 3.05) is 7.05 Å². The highest BCUT2D eigenvalue weighted by Crippen LogP contribution is 2.22.